The number of nitrogens with one attached hydrogen (secondary N) is 2. The van der Waals surface area contributed by atoms with Gasteiger partial charge in [0.15, 0.2) is 0 Å². The second-order valence-electron chi connectivity index (χ2n) is 7.84. The zero-order valence-corrected chi connectivity index (χ0v) is 17.3. The molecule has 3 amide bonds. The van der Waals surface area contributed by atoms with E-state index in [0.717, 1.165) is 42.9 Å². The maximum atomic E-state index is 12.7. The SMILES string of the molecule is O=C(Nc1ccccc1)c1nnc([C@H]2CCCN(C(=O)NC3CCCCC3)C2)s1. The van der Waals surface area contributed by atoms with Crippen LogP contribution in [0.3, 0.4) is 0 Å². The topological polar surface area (TPSA) is 87.2 Å². The lowest BCUT2D eigenvalue weighted by Gasteiger charge is -2.33. The molecule has 2 aromatic rings. The third kappa shape index (κ3) is 5.12. The molecule has 1 atom stereocenters. The van der Waals surface area contributed by atoms with E-state index in [1.165, 1.54) is 30.6 Å². The molecular formula is C21H27N5O2S. The lowest BCUT2D eigenvalue weighted by molar-refractivity contribution is 0.102. The molecule has 8 heteroatoms. The van der Waals surface area contributed by atoms with Crippen LogP contribution in [-0.4, -0.2) is 46.2 Å². The van der Waals surface area contributed by atoms with Crippen LogP contribution in [0.15, 0.2) is 30.3 Å². The van der Waals surface area contributed by atoms with Crippen molar-refractivity contribution in [2.75, 3.05) is 18.4 Å². The maximum Gasteiger partial charge on any atom is 0.317 e. The highest BCUT2D eigenvalue weighted by molar-refractivity contribution is 7.13. The number of nitrogens with zero attached hydrogens (tertiary/aromatic N) is 3. The lowest BCUT2D eigenvalue weighted by atomic mass is 9.95. The minimum Gasteiger partial charge on any atom is -0.335 e. The van der Waals surface area contributed by atoms with Crippen LogP contribution < -0.4 is 10.6 Å². The fourth-order valence-corrected chi connectivity index (χ4v) is 4.94. The normalized spacial score (nSPS) is 20.3. The quantitative estimate of drug-likeness (QED) is 0.793. The fraction of sp³-hybridized carbons (Fsp3) is 0.524. The number of anilines is 1. The van der Waals surface area contributed by atoms with Crippen LogP contribution in [0.2, 0.25) is 0 Å². The molecule has 2 fully saturated rings. The zero-order chi connectivity index (χ0) is 20.1. The standard InChI is InChI=1S/C21H27N5O2S/c27-18(22-16-9-3-1-4-10-16)20-25-24-19(29-20)15-8-7-13-26(14-15)21(28)23-17-11-5-2-6-12-17/h1,3-4,9-10,15,17H,2,5-8,11-14H2,(H,22,27)(H,23,28)/t15-/m0/s1. The van der Waals surface area contributed by atoms with Crippen molar-refractivity contribution in [2.24, 2.45) is 0 Å². The molecule has 0 unspecified atom stereocenters. The number of carbonyl (C=O) groups excluding carboxylic acids is 2. The molecule has 1 saturated carbocycles. The number of urea groups is 1. The summed E-state index contributed by atoms with van der Waals surface area (Å²) in [7, 11) is 0. The molecule has 1 aromatic carbocycles. The Bertz CT molecular complexity index is 835. The van der Waals surface area contributed by atoms with Crippen LogP contribution >= 0.6 is 11.3 Å². The Morgan fingerprint density at radius 1 is 1.00 bits per heavy atom. The summed E-state index contributed by atoms with van der Waals surface area (Å²) in [5.74, 6) is -0.112. The average Bonchev–Trinajstić information content (AvgIpc) is 3.26. The molecule has 2 aliphatic rings. The first-order chi connectivity index (χ1) is 14.2. The van der Waals surface area contributed by atoms with Gasteiger partial charge < -0.3 is 15.5 Å². The van der Waals surface area contributed by atoms with Gasteiger partial charge in [0.25, 0.3) is 5.91 Å². The van der Waals surface area contributed by atoms with Crippen LogP contribution in [-0.2, 0) is 0 Å². The van der Waals surface area contributed by atoms with Gasteiger partial charge in [0.2, 0.25) is 5.01 Å². The molecule has 2 heterocycles. The molecule has 154 valence electrons. The second-order valence-corrected chi connectivity index (χ2v) is 8.84. The lowest BCUT2D eigenvalue weighted by Crippen LogP contribution is -2.48. The van der Waals surface area contributed by atoms with Gasteiger partial charge in [0, 0.05) is 30.7 Å². The Balaban J connectivity index is 1.34. The molecule has 2 N–H and O–H groups in total. The molecule has 1 aromatic heterocycles. The van der Waals surface area contributed by atoms with Crippen molar-refractivity contribution in [3.63, 3.8) is 0 Å². The zero-order valence-electron chi connectivity index (χ0n) is 16.5. The molecular weight excluding hydrogens is 386 g/mol. The summed E-state index contributed by atoms with van der Waals surface area (Å²) in [6.07, 6.45) is 7.74. The van der Waals surface area contributed by atoms with Gasteiger partial charge in [-0.15, -0.1) is 10.2 Å². The van der Waals surface area contributed by atoms with E-state index >= 15 is 0 Å². The molecule has 0 radical (unpaired) electrons. The van der Waals surface area contributed by atoms with Gasteiger partial charge in [-0.05, 0) is 37.8 Å². The summed E-state index contributed by atoms with van der Waals surface area (Å²) in [6, 6.07) is 9.66. The van der Waals surface area contributed by atoms with Gasteiger partial charge in [-0.2, -0.15) is 0 Å². The molecule has 7 nitrogen and oxygen atoms in total. The van der Waals surface area contributed by atoms with Crippen molar-refractivity contribution in [2.45, 2.75) is 56.9 Å². The van der Waals surface area contributed by atoms with Crippen molar-refractivity contribution < 1.29 is 9.59 Å². The first-order valence-corrected chi connectivity index (χ1v) is 11.3. The minimum atomic E-state index is -0.248. The van der Waals surface area contributed by atoms with Gasteiger partial charge in [-0.25, -0.2) is 4.79 Å². The minimum absolute atomic E-state index is 0.0353. The Hall–Kier alpha value is -2.48. The third-order valence-corrected chi connectivity index (χ3v) is 6.74. The Morgan fingerprint density at radius 3 is 2.59 bits per heavy atom. The second kappa shape index (κ2) is 9.35. The van der Waals surface area contributed by atoms with Gasteiger partial charge in [-0.3, -0.25) is 4.79 Å². The Kier molecular flexibility index (Phi) is 6.39. The monoisotopic (exact) mass is 413 g/mol. The van der Waals surface area contributed by atoms with Gasteiger partial charge in [0.05, 0.1) is 0 Å². The summed E-state index contributed by atoms with van der Waals surface area (Å²) in [5.41, 5.74) is 0.734. The highest BCUT2D eigenvalue weighted by Gasteiger charge is 2.29. The van der Waals surface area contributed by atoms with E-state index in [0.29, 0.717) is 17.6 Å². The predicted octanol–water partition coefficient (Wildman–Crippen LogP) is 4.01. The third-order valence-electron chi connectivity index (χ3n) is 5.66. The number of rotatable bonds is 4. The van der Waals surface area contributed by atoms with Crippen LogP contribution in [0.1, 0.15) is 65.7 Å². The maximum absolute atomic E-state index is 12.7. The summed E-state index contributed by atoms with van der Waals surface area (Å²) in [4.78, 5) is 27.0. The Morgan fingerprint density at radius 2 is 1.79 bits per heavy atom. The van der Waals surface area contributed by atoms with Crippen molar-refractivity contribution in [3.05, 3.63) is 40.3 Å². The summed E-state index contributed by atoms with van der Waals surface area (Å²) < 4.78 is 0. The van der Waals surface area contributed by atoms with Crippen molar-refractivity contribution in [1.82, 2.24) is 20.4 Å². The Labute approximate surface area is 174 Å². The van der Waals surface area contributed by atoms with Crippen molar-refractivity contribution in [1.29, 1.82) is 0 Å². The van der Waals surface area contributed by atoms with Crippen LogP contribution in [0.5, 0.6) is 0 Å². The highest BCUT2D eigenvalue weighted by atomic mass is 32.1. The predicted molar refractivity (Wildman–Crippen MR) is 113 cm³/mol. The van der Waals surface area contributed by atoms with Crippen LogP contribution in [0, 0.1) is 0 Å². The highest BCUT2D eigenvalue weighted by Crippen LogP contribution is 2.29. The fourth-order valence-electron chi connectivity index (χ4n) is 4.07. The van der Waals surface area contributed by atoms with Gasteiger partial charge in [0.1, 0.15) is 5.01 Å². The summed E-state index contributed by atoms with van der Waals surface area (Å²) in [6.45, 7) is 1.41. The smallest absolute Gasteiger partial charge is 0.317 e. The van der Waals surface area contributed by atoms with Gasteiger partial charge in [-0.1, -0.05) is 48.8 Å². The van der Waals surface area contributed by atoms with E-state index < -0.39 is 0 Å². The van der Waals surface area contributed by atoms with E-state index in [1.54, 1.807) is 0 Å². The van der Waals surface area contributed by atoms with Crippen LogP contribution in [0.25, 0.3) is 0 Å². The van der Waals surface area contributed by atoms with E-state index in [1.807, 2.05) is 35.2 Å². The van der Waals surface area contributed by atoms with Crippen molar-refractivity contribution in [3.8, 4) is 0 Å². The van der Waals surface area contributed by atoms with Crippen molar-refractivity contribution >= 4 is 29.0 Å². The van der Waals surface area contributed by atoms with Gasteiger partial charge >= 0.3 is 6.03 Å². The molecule has 29 heavy (non-hydrogen) atoms. The first-order valence-electron chi connectivity index (χ1n) is 10.4. The number of para-hydroxylation sites is 1. The number of benzene rings is 1. The number of piperidine rings is 1. The van der Waals surface area contributed by atoms with E-state index in [2.05, 4.69) is 20.8 Å². The number of amides is 3. The number of carbonyl (C=O) groups is 2. The molecule has 0 spiro atoms. The largest absolute Gasteiger partial charge is 0.335 e. The molecule has 1 saturated heterocycles. The summed E-state index contributed by atoms with van der Waals surface area (Å²) >= 11 is 1.32. The van der Waals surface area contributed by atoms with E-state index in [-0.39, 0.29) is 17.9 Å². The number of hydrogen-bond donors (Lipinski definition) is 2. The molecule has 4 rings (SSSR count). The molecule has 1 aliphatic heterocycles. The molecule has 1 aliphatic carbocycles. The molecule has 0 bridgehead atoms. The van der Waals surface area contributed by atoms with Crippen LogP contribution in [0.4, 0.5) is 10.5 Å². The number of hydrogen-bond acceptors (Lipinski definition) is 5. The average molecular weight is 414 g/mol. The van der Waals surface area contributed by atoms with E-state index in [9.17, 15) is 9.59 Å². The number of aromatic nitrogens is 2. The summed E-state index contributed by atoms with van der Waals surface area (Å²) in [5, 5.41) is 15.6. The van der Waals surface area contributed by atoms with E-state index in [4.69, 9.17) is 0 Å². The number of likely N-dealkylation sites (tertiary alicyclic amines) is 1. The first kappa shape index (κ1) is 19.8.